The van der Waals surface area contributed by atoms with Crippen molar-refractivity contribution in [1.82, 2.24) is 30.1 Å². The summed E-state index contributed by atoms with van der Waals surface area (Å²) in [6.45, 7) is 3.91. The molecule has 3 aromatic rings. The second-order valence-corrected chi connectivity index (χ2v) is 12.9. The fourth-order valence-electron chi connectivity index (χ4n) is 5.53. The van der Waals surface area contributed by atoms with Crippen molar-refractivity contribution in [3.63, 3.8) is 0 Å². The largest absolute Gasteiger partial charge is 0.365 e. The lowest BCUT2D eigenvalue weighted by molar-refractivity contribution is -0.136. The molecule has 0 saturated carbocycles. The minimum Gasteiger partial charge on any atom is -0.365 e. The van der Waals surface area contributed by atoms with Crippen molar-refractivity contribution >= 4 is 75.3 Å². The maximum atomic E-state index is 13.3. The van der Waals surface area contributed by atoms with Crippen molar-refractivity contribution in [3.8, 4) is 0 Å². The van der Waals surface area contributed by atoms with Gasteiger partial charge < -0.3 is 20.9 Å². The van der Waals surface area contributed by atoms with Crippen LogP contribution in [0.3, 0.4) is 0 Å². The maximum Gasteiger partial charge on any atom is 0.263 e. The van der Waals surface area contributed by atoms with Gasteiger partial charge in [0.1, 0.15) is 28.4 Å². The number of anilines is 3. The van der Waals surface area contributed by atoms with Gasteiger partial charge in [0, 0.05) is 55.7 Å². The van der Waals surface area contributed by atoms with Crippen LogP contribution in [0.4, 0.5) is 16.8 Å². The summed E-state index contributed by atoms with van der Waals surface area (Å²) in [6.07, 6.45) is 1.77. The van der Waals surface area contributed by atoms with Gasteiger partial charge in [0.15, 0.2) is 5.13 Å². The SMILES string of the molecule is Cc1nc(Nc2ncc(C(N)=O)s2)cc(N2CCN(C(=O)CCSc3cccc4c3C(=O)N(C3CCC(=O)NC3=O)C4=O)CC2)n1. The van der Waals surface area contributed by atoms with Gasteiger partial charge in [0.2, 0.25) is 17.7 Å². The molecule has 6 amide bonds. The molecule has 1 unspecified atom stereocenters. The highest BCUT2D eigenvalue weighted by Gasteiger charge is 2.45. The number of hydrogen-bond donors (Lipinski definition) is 3. The lowest BCUT2D eigenvalue weighted by Gasteiger charge is -2.35. The summed E-state index contributed by atoms with van der Waals surface area (Å²) in [7, 11) is 0. The number of carbonyl (C=O) groups is 6. The lowest BCUT2D eigenvalue weighted by atomic mass is 10.0. The molecular weight excluding hydrogens is 635 g/mol. The van der Waals surface area contributed by atoms with Crippen molar-refractivity contribution in [2.24, 2.45) is 5.73 Å². The number of hydrogen-bond acceptors (Lipinski definition) is 13. The number of amides is 6. The van der Waals surface area contributed by atoms with E-state index in [2.05, 4.69) is 30.5 Å². The Morgan fingerprint density at radius 3 is 2.61 bits per heavy atom. The van der Waals surface area contributed by atoms with E-state index in [-0.39, 0.29) is 36.3 Å². The number of piperidine rings is 1. The molecule has 1 aromatic carbocycles. The van der Waals surface area contributed by atoms with Crippen molar-refractivity contribution in [2.75, 3.05) is 42.1 Å². The molecule has 0 spiro atoms. The fraction of sp³-hybridized carbons (Fsp3) is 0.345. The summed E-state index contributed by atoms with van der Waals surface area (Å²) in [6, 6.07) is 5.70. The second kappa shape index (κ2) is 12.8. The van der Waals surface area contributed by atoms with E-state index in [1.54, 1.807) is 36.1 Å². The highest BCUT2D eigenvalue weighted by Crippen LogP contribution is 2.35. The Kier molecular flexibility index (Phi) is 8.68. The number of primary amides is 1. The van der Waals surface area contributed by atoms with Crippen LogP contribution in [0.15, 0.2) is 35.4 Å². The highest BCUT2D eigenvalue weighted by molar-refractivity contribution is 7.99. The molecular formula is C29H29N9O6S2. The van der Waals surface area contributed by atoms with E-state index in [1.807, 2.05) is 0 Å². The quantitative estimate of drug-likeness (QED) is 0.219. The lowest BCUT2D eigenvalue weighted by Crippen LogP contribution is -2.54. The molecule has 2 aromatic heterocycles. The molecule has 2 saturated heterocycles. The van der Waals surface area contributed by atoms with Gasteiger partial charge in [-0.05, 0) is 25.5 Å². The van der Waals surface area contributed by atoms with Crippen LogP contribution >= 0.6 is 23.1 Å². The van der Waals surface area contributed by atoms with Crippen LogP contribution in [0.1, 0.15) is 55.5 Å². The average Bonchev–Trinajstić information content (AvgIpc) is 3.60. The molecule has 1 atom stereocenters. The van der Waals surface area contributed by atoms with E-state index >= 15 is 0 Å². The summed E-state index contributed by atoms with van der Waals surface area (Å²) in [4.78, 5) is 93.6. The third kappa shape index (κ3) is 6.28. The smallest absolute Gasteiger partial charge is 0.263 e. The van der Waals surface area contributed by atoms with Gasteiger partial charge in [-0.2, -0.15) is 0 Å². The van der Waals surface area contributed by atoms with Crippen LogP contribution in [0.25, 0.3) is 0 Å². The number of aryl methyl sites for hydroxylation is 1. The number of piperazine rings is 1. The van der Waals surface area contributed by atoms with E-state index < -0.39 is 35.6 Å². The predicted octanol–water partition coefficient (Wildman–Crippen LogP) is 1.32. The first-order valence-corrected chi connectivity index (χ1v) is 16.3. The van der Waals surface area contributed by atoms with Crippen LogP contribution in [-0.4, -0.2) is 98.2 Å². The fourth-order valence-corrected chi connectivity index (χ4v) is 7.22. The molecule has 3 aliphatic rings. The van der Waals surface area contributed by atoms with E-state index in [1.165, 1.54) is 18.0 Å². The average molecular weight is 664 g/mol. The summed E-state index contributed by atoms with van der Waals surface area (Å²) in [5.41, 5.74) is 5.75. The van der Waals surface area contributed by atoms with Crippen molar-refractivity contribution in [2.45, 2.75) is 37.1 Å². The minimum atomic E-state index is -1.04. The van der Waals surface area contributed by atoms with Crippen LogP contribution in [0.5, 0.6) is 0 Å². The van der Waals surface area contributed by atoms with E-state index in [0.29, 0.717) is 64.3 Å². The summed E-state index contributed by atoms with van der Waals surface area (Å²) in [5, 5.41) is 5.77. The van der Waals surface area contributed by atoms with E-state index in [4.69, 9.17) is 5.73 Å². The van der Waals surface area contributed by atoms with Gasteiger partial charge in [0.05, 0.1) is 17.3 Å². The van der Waals surface area contributed by atoms with Gasteiger partial charge in [-0.15, -0.1) is 11.8 Å². The molecule has 46 heavy (non-hydrogen) atoms. The molecule has 0 aliphatic carbocycles. The molecule has 4 N–H and O–H groups in total. The Bertz CT molecular complexity index is 1770. The highest BCUT2D eigenvalue weighted by atomic mass is 32.2. The Labute approximate surface area is 270 Å². The first-order chi connectivity index (χ1) is 22.1. The van der Waals surface area contributed by atoms with Crippen LogP contribution in [0, 0.1) is 6.92 Å². The van der Waals surface area contributed by atoms with Gasteiger partial charge in [-0.3, -0.25) is 39.0 Å². The van der Waals surface area contributed by atoms with Crippen LogP contribution < -0.4 is 21.3 Å². The first kappa shape index (κ1) is 31.1. The number of thioether (sulfide) groups is 1. The molecule has 0 radical (unpaired) electrons. The molecule has 2 fully saturated rings. The molecule has 238 valence electrons. The van der Waals surface area contributed by atoms with Crippen LogP contribution in [0.2, 0.25) is 0 Å². The zero-order chi connectivity index (χ0) is 32.5. The topological polar surface area (TPSA) is 201 Å². The predicted molar refractivity (Wildman–Crippen MR) is 168 cm³/mol. The van der Waals surface area contributed by atoms with E-state index in [9.17, 15) is 28.8 Å². The molecule has 15 nitrogen and oxygen atoms in total. The number of thiazole rings is 1. The number of fused-ring (bicyclic) bond motifs is 1. The summed E-state index contributed by atoms with van der Waals surface area (Å²) >= 11 is 2.44. The maximum absolute atomic E-state index is 13.3. The van der Waals surface area contributed by atoms with Gasteiger partial charge in [-0.25, -0.2) is 15.0 Å². The number of nitrogens with zero attached hydrogens (tertiary/aromatic N) is 6. The molecule has 6 rings (SSSR count). The normalized spacial score (nSPS) is 18.1. The number of carbonyl (C=O) groups excluding carboxylic acids is 6. The summed E-state index contributed by atoms with van der Waals surface area (Å²) in [5.74, 6) is -0.627. The zero-order valence-electron chi connectivity index (χ0n) is 24.6. The first-order valence-electron chi connectivity index (χ1n) is 14.5. The Hall–Kier alpha value is -4.90. The monoisotopic (exact) mass is 663 g/mol. The number of benzene rings is 1. The number of nitrogens with one attached hydrogen (secondary N) is 2. The minimum absolute atomic E-state index is 0.0254. The Morgan fingerprint density at radius 2 is 1.89 bits per heavy atom. The molecule has 0 bridgehead atoms. The number of rotatable bonds is 9. The van der Waals surface area contributed by atoms with Crippen molar-refractivity contribution in [3.05, 3.63) is 52.3 Å². The summed E-state index contributed by atoms with van der Waals surface area (Å²) < 4.78 is 0. The van der Waals surface area contributed by atoms with Gasteiger partial charge >= 0.3 is 0 Å². The number of imide groups is 2. The Morgan fingerprint density at radius 1 is 1.11 bits per heavy atom. The molecule has 17 heteroatoms. The van der Waals surface area contributed by atoms with Gasteiger partial charge in [-0.1, -0.05) is 17.4 Å². The third-order valence-electron chi connectivity index (χ3n) is 7.77. The second-order valence-electron chi connectivity index (χ2n) is 10.8. The van der Waals surface area contributed by atoms with Crippen LogP contribution in [-0.2, 0) is 14.4 Å². The van der Waals surface area contributed by atoms with Crippen molar-refractivity contribution in [1.29, 1.82) is 0 Å². The van der Waals surface area contributed by atoms with E-state index in [0.717, 1.165) is 16.2 Å². The molecule has 3 aliphatic heterocycles. The molecule has 5 heterocycles. The van der Waals surface area contributed by atoms with Gasteiger partial charge in [0.25, 0.3) is 17.7 Å². The Balaban J connectivity index is 1.02. The number of nitrogens with two attached hydrogens (primary N) is 1. The number of aromatic nitrogens is 3. The van der Waals surface area contributed by atoms with Crippen molar-refractivity contribution < 1.29 is 28.8 Å². The zero-order valence-corrected chi connectivity index (χ0v) is 26.3. The third-order valence-corrected chi connectivity index (χ3v) is 9.75. The standard InChI is InChI=1S/C29H29N9O6S2/c1-15-32-20(34-29-31-14-19(46-29)25(30)41)13-21(33-15)36-8-10-37(11-9-36)23(40)7-12-45-18-4-2-3-16-24(18)28(44)38(27(16)43)17-5-6-22(39)35-26(17)42/h2-4,13-14,17H,5-12H2,1H3,(H2,30,41)(H,35,39,42)(H,31,32,33,34).